The van der Waals surface area contributed by atoms with Crippen LogP contribution in [0.3, 0.4) is 0 Å². The van der Waals surface area contributed by atoms with E-state index in [1.165, 1.54) is 6.42 Å². The van der Waals surface area contributed by atoms with Gasteiger partial charge in [-0.3, -0.25) is 4.98 Å². The Kier molecular flexibility index (Phi) is 5.43. The van der Waals surface area contributed by atoms with E-state index >= 15 is 0 Å². The molecule has 0 saturated carbocycles. The molecule has 3 nitrogen and oxygen atoms in total. The van der Waals surface area contributed by atoms with Crippen molar-refractivity contribution in [2.24, 2.45) is 11.7 Å². The number of aromatic nitrogens is 1. The summed E-state index contributed by atoms with van der Waals surface area (Å²) < 4.78 is 0. The quantitative estimate of drug-likeness (QED) is 0.799. The summed E-state index contributed by atoms with van der Waals surface area (Å²) in [6.07, 6.45) is 3.10. The van der Waals surface area contributed by atoms with Gasteiger partial charge in [-0.15, -0.1) is 0 Å². The summed E-state index contributed by atoms with van der Waals surface area (Å²) in [6, 6.07) is 4.12. The lowest BCUT2D eigenvalue weighted by atomic mass is 10.1. The van der Waals surface area contributed by atoms with Gasteiger partial charge >= 0.3 is 0 Å². The normalized spacial score (nSPS) is 11.4. The number of nitrogens with zero attached hydrogens (tertiary/aromatic N) is 2. The van der Waals surface area contributed by atoms with Gasteiger partial charge in [0.15, 0.2) is 0 Å². The van der Waals surface area contributed by atoms with E-state index in [0.717, 1.165) is 30.3 Å². The van der Waals surface area contributed by atoms with E-state index in [9.17, 15) is 0 Å². The molecule has 3 heteroatoms. The molecule has 1 heterocycles. The molecule has 0 aromatic carbocycles. The Hall–Kier alpha value is -0.930. The second-order valence-electron chi connectivity index (χ2n) is 4.78. The van der Waals surface area contributed by atoms with E-state index in [0.29, 0.717) is 6.54 Å². The molecule has 0 aliphatic carbocycles. The highest BCUT2D eigenvalue weighted by Gasteiger charge is 2.02. The summed E-state index contributed by atoms with van der Waals surface area (Å²) in [5.41, 5.74) is 7.74. The number of nitrogens with two attached hydrogens (primary N) is 1. The lowest BCUT2D eigenvalue weighted by Gasteiger charge is -2.17. The molecule has 16 heavy (non-hydrogen) atoms. The number of hydrogen-bond donors (Lipinski definition) is 1. The summed E-state index contributed by atoms with van der Waals surface area (Å²) in [6.45, 7) is 7.11. The van der Waals surface area contributed by atoms with Crippen LogP contribution >= 0.6 is 0 Å². The van der Waals surface area contributed by atoms with Gasteiger partial charge in [-0.1, -0.05) is 19.9 Å². The Balaban J connectivity index is 2.40. The third-order valence-electron chi connectivity index (χ3n) is 2.64. The van der Waals surface area contributed by atoms with E-state index in [4.69, 9.17) is 5.73 Å². The Bertz CT molecular complexity index is 293. The van der Waals surface area contributed by atoms with Gasteiger partial charge in [0.2, 0.25) is 0 Å². The van der Waals surface area contributed by atoms with Gasteiger partial charge in [-0.2, -0.15) is 0 Å². The summed E-state index contributed by atoms with van der Waals surface area (Å²) >= 11 is 0. The monoisotopic (exact) mass is 221 g/mol. The lowest BCUT2D eigenvalue weighted by Crippen LogP contribution is -2.21. The smallest absolute Gasteiger partial charge is 0.0544 e. The van der Waals surface area contributed by atoms with Crippen molar-refractivity contribution in [1.82, 2.24) is 9.88 Å². The molecular formula is C13H23N3. The maximum absolute atomic E-state index is 5.53. The minimum Gasteiger partial charge on any atom is -0.326 e. The van der Waals surface area contributed by atoms with E-state index < -0.39 is 0 Å². The first kappa shape index (κ1) is 13.1. The lowest BCUT2D eigenvalue weighted by molar-refractivity contribution is 0.300. The fourth-order valence-corrected chi connectivity index (χ4v) is 1.50. The predicted molar refractivity (Wildman–Crippen MR) is 67.9 cm³/mol. The second-order valence-corrected chi connectivity index (χ2v) is 4.78. The molecule has 0 fully saturated rings. The highest BCUT2D eigenvalue weighted by Crippen LogP contribution is 2.05. The van der Waals surface area contributed by atoms with E-state index in [-0.39, 0.29) is 0 Å². The van der Waals surface area contributed by atoms with Gasteiger partial charge in [0.05, 0.1) is 5.69 Å². The Morgan fingerprint density at radius 3 is 2.62 bits per heavy atom. The van der Waals surface area contributed by atoms with Gasteiger partial charge in [-0.25, -0.2) is 0 Å². The van der Waals surface area contributed by atoms with Crippen molar-refractivity contribution in [3.05, 3.63) is 29.6 Å². The van der Waals surface area contributed by atoms with Crippen LogP contribution in [0.2, 0.25) is 0 Å². The third-order valence-corrected chi connectivity index (χ3v) is 2.64. The van der Waals surface area contributed by atoms with Gasteiger partial charge in [-0.05, 0) is 37.6 Å². The Morgan fingerprint density at radius 1 is 1.38 bits per heavy atom. The van der Waals surface area contributed by atoms with Crippen molar-refractivity contribution in [1.29, 1.82) is 0 Å². The SMILES string of the molecule is CC(C)CCN(C)Cc1ccc(CN)cn1. The summed E-state index contributed by atoms with van der Waals surface area (Å²) in [4.78, 5) is 6.70. The largest absolute Gasteiger partial charge is 0.326 e. The van der Waals surface area contributed by atoms with Crippen molar-refractivity contribution in [3.63, 3.8) is 0 Å². The van der Waals surface area contributed by atoms with Crippen molar-refractivity contribution in [2.75, 3.05) is 13.6 Å². The molecule has 0 aliphatic rings. The first-order valence-corrected chi connectivity index (χ1v) is 5.94. The van der Waals surface area contributed by atoms with Gasteiger partial charge in [0.25, 0.3) is 0 Å². The first-order chi connectivity index (χ1) is 7.61. The highest BCUT2D eigenvalue weighted by atomic mass is 15.1. The average Bonchev–Trinajstić information content (AvgIpc) is 2.27. The average molecular weight is 221 g/mol. The van der Waals surface area contributed by atoms with Crippen LogP contribution < -0.4 is 5.73 Å². The van der Waals surface area contributed by atoms with Crippen LogP contribution in [-0.2, 0) is 13.1 Å². The first-order valence-electron chi connectivity index (χ1n) is 5.94. The molecule has 0 saturated heterocycles. The molecule has 1 rings (SSSR count). The topological polar surface area (TPSA) is 42.1 Å². The fraction of sp³-hybridized carbons (Fsp3) is 0.615. The van der Waals surface area contributed by atoms with Crippen molar-refractivity contribution in [3.8, 4) is 0 Å². The van der Waals surface area contributed by atoms with Gasteiger partial charge in [0, 0.05) is 19.3 Å². The minimum absolute atomic E-state index is 0.566. The standard InChI is InChI=1S/C13H23N3/c1-11(2)6-7-16(3)10-13-5-4-12(8-14)9-15-13/h4-5,9,11H,6-8,10,14H2,1-3H3. The molecule has 0 amide bonds. The molecule has 0 unspecified atom stereocenters. The Morgan fingerprint density at radius 2 is 2.12 bits per heavy atom. The van der Waals surface area contributed by atoms with Crippen LogP contribution in [0.25, 0.3) is 0 Å². The van der Waals surface area contributed by atoms with Crippen LogP contribution in [0.15, 0.2) is 18.3 Å². The minimum atomic E-state index is 0.566. The van der Waals surface area contributed by atoms with Crippen molar-refractivity contribution < 1.29 is 0 Å². The molecule has 2 N–H and O–H groups in total. The van der Waals surface area contributed by atoms with E-state index in [1.807, 2.05) is 6.20 Å². The predicted octanol–water partition coefficient (Wildman–Crippen LogP) is 2.02. The molecule has 0 spiro atoms. The van der Waals surface area contributed by atoms with Gasteiger partial charge < -0.3 is 10.6 Å². The Labute approximate surface area is 98.7 Å². The number of pyridine rings is 1. The fourth-order valence-electron chi connectivity index (χ4n) is 1.50. The van der Waals surface area contributed by atoms with E-state index in [2.05, 4.69) is 42.9 Å². The van der Waals surface area contributed by atoms with Crippen LogP contribution in [0.1, 0.15) is 31.5 Å². The molecule has 1 aromatic heterocycles. The zero-order valence-electron chi connectivity index (χ0n) is 10.6. The van der Waals surface area contributed by atoms with Crippen molar-refractivity contribution >= 4 is 0 Å². The zero-order chi connectivity index (χ0) is 12.0. The molecular weight excluding hydrogens is 198 g/mol. The van der Waals surface area contributed by atoms with Gasteiger partial charge in [0.1, 0.15) is 0 Å². The molecule has 0 bridgehead atoms. The van der Waals surface area contributed by atoms with Crippen molar-refractivity contribution in [2.45, 2.75) is 33.4 Å². The third kappa shape index (κ3) is 4.73. The van der Waals surface area contributed by atoms with Crippen LogP contribution in [0.4, 0.5) is 0 Å². The van der Waals surface area contributed by atoms with E-state index in [1.54, 1.807) is 0 Å². The maximum atomic E-state index is 5.53. The van der Waals surface area contributed by atoms with Crippen LogP contribution in [0, 0.1) is 5.92 Å². The van der Waals surface area contributed by atoms with Crippen LogP contribution in [-0.4, -0.2) is 23.5 Å². The molecule has 90 valence electrons. The summed E-state index contributed by atoms with van der Waals surface area (Å²) in [5.74, 6) is 0.759. The zero-order valence-corrected chi connectivity index (χ0v) is 10.6. The molecule has 1 aromatic rings. The summed E-state index contributed by atoms with van der Waals surface area (Å²) in [7, 11) is 2.14. The second kappa shape index (κ2) is 6.61. The molecule has 0 aliphatic heterocycles. The molecule has 0 radical (unpaired) electrons. The number of hydrogen-bond acceptors (Lipinski definition) is 3. The maximum Gasteiger partial charge on any atom is 0.0544 e. The molecule has 0 atom stereocenters. The summed E-state index contributed by atoms with van der Waals surface area (Å²) in [5, 5.41) is 0. The van der Waals surface area contributed by atoms with Crippen LogP contribution in [0.5, 0.6) is 0 Å². The number of rotatable bonds is 6. The highest BCUT2D eigenvalue weighted by molar-refractivity contribution is 5.13.